The first-order valence-corrected chi connectivity index (χ1v) is 6.62. The molecule has 1 aliphatic rings. The third-order valence-electron chi connectivity index (χ3n) is 2.06. The molecule has 0 aliphatic carbocycles. The molecule has 0 aromatic heterocycles. The van der Waals surface area contributed by atoms with Gasteiger partial charge in [-0.15, -0.1) is 0 Å². The van der Waals surface area contributed by atoms with Crippen molar-refractivity contribution in [3.8, 4) is 6.07 Å². The quantitative estimate of drug-likeness (QED) is 0.673. The normalized spacial score (nSPS) is 17.3. The highest BCUT2D eigenvalue weighted by atomic mass is 32.2. The Kier molecular flexibility index (Phi) is 4.32. The number of nitrogens with zero attached hydrogens (tertiary/aromatic N) is 1. The lowest BCUT2D eigenvalue weighted by molar-refractivity contribution is 0.602. The minimum Gasteiger partial charge on any atom is -0.229 e. The third kappa shape index (κ3) is 4.61. The van der Waals surface area contributed by atoms with Crippen LogP contribution in [-0.2, 0) is 9.84 Å². The number of benzene rings is 1. The van der Waals surface area contributed by atoms with Crippen LogP contribution in [0.5, 0.6) is 0 Å². The molecule has 1 aliphatic heterocycles. The number of hydrogen-bond donors (Lipinski definition) is 0. The number of sulfone groups is 1. The predicted octanol–water partition coefficient (Wildman–Crippen LogP) is 1.75. The molecule has 0 N–H and O–H groups in total. The molecule has 0 atom stereocenters. The van der Waals surface area contributed by atoms with Gasteiger partial charge in [0.25, 0.3) is 0 Å². The molecular formula is C11H13NO2S. The van der Waals surface area contributed by atoms with Crippen LogP contribution in [0.1, 0.15) is 18.4 Å². The average Bonchev–Trinajstić information content (AvgIpc) is 2.65. The number of hydrogen-bond acceptors (Lipinski definition) is 3. The summed E-state index contributed by atoms with van der Waals surface area (Å²) < 4.78 is 20.9. The van der Waals surface area contributed by atoms with Gasteiger partial charge in [0, 0.05) is 0 Å². The number of nitriles is 1. The van der Waals surface area contributed by atoms with E-state index < -0.39 is 9.84 Å². The summed E-state index contributed by atoms with van der Waals surface area (Å²) in [6, 6.07) is 11.2. The SMILES string of the molecule is N#Cc1ccccc1.O=S1(=O)CCCC1. The Labute approximate surface area is 90.3 Å². The van der Waals surface area contributed by atoms with Crippen LogP contribution in [0.15, 0.2) is 30.3 Å². The zero-order valence-electron chi connectivity index (χ0n) is 8.39. The molecule has 4 heteroatoms. The number of rotatable bonds is 0. The Bertz CT molecular complexity index is 419. The zero-order valence-corrected chi connectivity index (χ0v) is 9.20. The summed E-state index contributed by atoms with van der Waals surface area (Å²) in [7, 11) is -2.55. The first-order valence-electron chi connectivity index (χ1n) is 4.79. The molecule has 0 bridgehead atoms. The molecule has 1 fully saturated rings. The zero-order chi connectivity index (χ0) is 11.1. The van der Waals surface area contributed by atoms with E-state index in [1.165, 1.54) is 0 Å². The second-order valence-corrected chi connectivity index (χ2v) is 5.64. The van der Waals surface area contributed by atoms with Crippen molar-refractivity contribution in [3.63, 3.8) is 0 Å². The lowest BCUT2D eigenvalue weighted by Crippen LogP contribution is -1.98. The predicted molar refractivity (Wildman–Crippen MR) is 59.0 cm³/mol. The third-order valence-corrected chi connectivity index (χ3v) is 3.88. The molecule has 0 saturated carbocycles. The minimum absolute atomic E-state index is 0.424. The summed E-state index contributed by atoms with van der Waals surface area (Å²) in [6.07, 6.45) is 1.75. The highest BCUT2D eigenvalue weighted by Crippen LogP contribution is 2.08. The van der Waals surface area contributed by atoms with E-state index in [9.17, 15) is 8.42 Å². The van der Waals surface area contributed by atoms with Crippen molar-refractivity contribution >= 4 is 9.84 Å². The largest absolute Gasteiger partial charge is 0.229 e. The van der Waals surface area contributed by atoms with Gasteiger partial charge < -0.3 is 0 Å². The van der Waals surface area contributed by atoms with Crippen LogP contribution < -0.4 is 0 Å². The molecule has 1 heterocycles. The standard InChI is InChI=1S/C7H5N.C4H8O2S/c8-6-7-4-2-1-3-5-7;5-7(6)3-1-2-4-7/h1-5H;1-4H2. The van der Waals surface area contributed by atoms with Crippen molar-refractivity contribution in [3.05, 3.63) is 35.9 Å². The maximum absolute atomic E-state index is 10.4. The second kappa shape index (κ2) is 5.52. The summed E-state index contributed by atoms with van der Waals surface area (Å²) >= 11 is 0. The van der Waals surface area contributed by atoms with Gasteiger partial charge in [-0.1, -0.05) is 18.2 Å². The van der Waals surface area contributed by atoms with E-state index in [0.29, 0.717) is 17.1 Å². The molecular weight excluding hydrogens is 210 g/mol. The Morgan fingerprint density at radius 1 is 1.07 bits per heavy atom. The van der Waals surface area contributed by atoms with E-state index in [-0.39, 0.29) is 0 Å². The fourth-order valence-electron chi connectivity index (χ4n) is 1.26. The van der Waals surface area contributed by atoms with E-state index in [1.807, 2.05) is 24.3 Å². The van der Waals surface area contributed by atoms with Crippen molar-refractivity contribution in [2.45, 2.75) is 12.8 Å². The molecule has 0 radical (unpaired) electrons. The Morgan fingerprint density at radius 3 is 1.87 bits per heavy atom. The molecule has 3 nitrogen and oxygen atoms in total. The fourth-order valence-corrected chi connectivity index (χ4v) is 2.75. The topological polar surface area (TPSA) is 57.9 Å². The van der Waals surface area contributed by atoms with Crippen molar-refractivity contribution in [2.75, 3.05) is 11.5 Å². The maximum atomic E-state index is 10.4. The van der Waals surface area contributed by atoms with Gasteiger partial charge in [0.05, 0.1) is 23.1 Å². The summed E-state index contributed by atoms with van der Waals surface area (Å²) in [6.45, 7) is 0. The minimum atomic E-state index is -2.55. The molecule has 1 aromatic rings. The maximum Gasteiger partial charge on any atom is 0.150 e. The highest BCUT2D eigenvalue weighted by Gasteiger charge is 2.16. The Hall–Kier alpha value is -1.34. The van der Waals surface area contributed by atoms with E-state index in [0.717, 1.165) is 12.8 Å². The summed E-state index contributed by atoms with van der Waals surface area (Å²) in [4.78, 5) is 0. The van der Waals surface area contributed by atoms with E-state index >= 15 is 0 Å². The molecule has 0 spiro atoms. The van der Waals surface area contributed by atoms with Gasteiger partial charge in [0.15, 0.2) is 0 Å². The Morgan fingerprint density at radius 2 is 1.60 bits per heavy atom. The van der Waals surface area contributed by atoms with Crippen molar-refractivity contribution in [1.82, 2.24) is 0 Å². The monoisotopic (exact) mass is 223 g/mol. The summed E-state index contributed by atoms with van der Waals surface area (Å²) in [5.41, 5.74) is 0.715. The van der Waals surface area contributed by atoms with Crippen LogP contribution >= 0.6 is 0 Å². The Balaban J connectivity index is 0.000000151. The van der Waals surface area contributed by atoms with Crippen molar-refractivity contribution in [1.29, 1.82) is 5.26 Å². The van der Waals surface area contributed by atoms with Gasteiger partial charge in [-0.25, -0.2) is 8.42 Å². The average molecular weight is 223 g/mol. The van der Waals surface area contributed by atoms with E-state index in [2.05, 4.69) is 0 Å². The van der Waals surface area contributed by atoms with Crippen molar-refractivity contribution in [2.24, 2.45) is 0 Å². The molecule has 2 rings (SSSR count). The molecule has 1 aromatic carbocycles. The first-order chi connectivity index (χ1) is 7.14. The van der Waals surface area contributed by atoms with Crippen molar-refractivity contribution < 1.29 is 8.42 Å². The molecule has 80 valence electrons. The van der Waals surface area contributed by atoms with Gasteiger partial charge in [-0.2, -0.15) is 5.26 Å². The molecule has 15 heavy (non-hydrogen) atoms. The van der Waals surface area contributed by atoms with Crippen LogP contribution in [0, 0.1) is 11.3 Å². The van der Waals surface area contributed by atoms with Gasteiger partial charge in [-0.3, -0.25) is 0 Å². The van der Waals surface area contributed by atoms with Gasteiger partial charge in [0.2, 0.25) is 0 Å². The fraction of sp³-hybridized carbons (Fsp3) is 0.364. The van der Waals surface area contributed by atoms with Gasteiger partial charge in [-0.05, 0) is 25.0 Å². The van der Waals surface area contributed by atoms with E-state index in [1.54, 1.807) is 12.1 Å². The van der Waals surface area contributed by atoms with Gasteiger partial charge in [0.1, 0.15) is 9.84 Å². The smallest absolute Gasteiger partial charge is 0.150 e. The molecule has 1 saturated heterocycles. The second-order valence-electron chi connectivity index (χ2n) is 3.34. The van der Waals surface area contributed by atoms with Crippen LogP contribution in [-0.4, -0.2) is 19.9 Å². The van der Waals surface area contributed by atoms with E-state index in [4.69, 9.17) is 5.26 Å². The van der Waals surface area contributed by atoms with Crippen LogP contribution in [0.3, 0.4) is 0 Å². The lowest BCUT2D eigenvalue weighted by atomic mass is 10.2. The molecule has 0 amide bonds. The summed E-state index contributed by atoms with van der Waals surface area (Å²) in [5.74, 6) is 0.847. The lowest BCUT2D eigenvalue weighted by Gasteiger charge is -1.81. The van der Waals surface area contributed by atoms with Crippen LogP contribution in [0.2, 0.25) is 0 Å². The summed E-state index contributed by atoms with van der Waals surface area (Å²) in [5, 5.41) is 8.29. The van der Waals surface area contributed by atoms with Crippen LogP contribution in [0.25, 0.3) is 0 Å². The van der Waals surface area contributed by atoms with Gasteiger partial charge >= 0.3 is 0 Å². The first kappa shape index (κ1) is 11.7. The highest BCUT2D eigenvalue weighted by molar-refractivity contribution is 7.91. The molecule has 0 unspecified atom stereocenters. The van der Waals surface area contributed by atoms with Crippen LogP contribution in [0.4, 0.5) is 0 Å².